The lowest BCUT2D eigenvalue weighted by atomic mass is 9.80. The second-order valence-corrected chi connectivity index (χ2v) is 9.75. The Hall–Kier alpha value is -1.90. The van der Waals surface area contributed by atoms with Gasteiger partial charge in [0, 0.05) is 36.2 Å². The Morgan fingerprint density at radius 3 is 2.72 bits per heavy atom. The summed E-state index contributed by atoms with van der Waals surface area (Å²) in [6, 6.07) is 9.05. The van der Waals surface area contributed by atoms with Crippen LogP contribution in [0.2, 0.25) is 10.0 Å². The van der Waals surface area contributed by atoms with E-state index in [1.54, 1.807) is 30.3 Å². The second-order valence-electron chi connectivity index (χ2n) is 8.91. The third kappa shape index (κ3) is 3.38. The predicted molar refractivity (Wildman–Crippen MR) is 123 cm³/mol. The predicted octanol–water partition coefficient (Wildman–Crippen LogP) is 3.78. The summed E-state index contributed by atoms with van der Waals surface area (Å²) in [6.45, 7) is 0.536. The molecule has 6 nitrogen and oxygen atoms in total. The summed E-state index contributed by atoms with van der Waals surface area (Å²) in [5.74, 6) is -1.21. The minimum absolute atomic E-state index is 0.0207. The van der Waals surface area contributed by atoms with E-state index in [-0.39, 0.29) is 29.1 Å². The van der Waals surface area contributed by atoms with Crippen LogP contribution >= 0.6 is 23.2 Å². The standard InChI is InChI=1S/C23H25Cl2FN4O2/c24-13-6-7-16-17(10-13)28-22(32)23(29-16)19(14-2-1-3-15(25)20(14)26)21(27)18(8-9-31)30(23)11-12-4-5-12/h1-3,6-7,10,12,18-19,21,29,31H,4-5,8-9,11,27H2,(H,28,32)/t18?,19?,21-,23?/m0/s1. The molecule has 32 heavy (non-hydrogen) atoms. The van der Waals surface area contributed by atoms with Gasteiger partial charge in [-0.25, -0.2) is 4.39 Å². The first-order valence-corrected chi connectivity index (χ1v) is 11.6. The van der Waals surface area contributed by atoms with Gasteiger partial charge in [0.25, 0.3) is 5.91 Å². The van der Waals surface area contributed by atoms with Crippen molar-refractivity contribution in [1.29, 1.82) is 0 Å². The third-order valence-corrected chi connectivity index (χ3v) is 7.45. The fraction of sp³-hybridized carbons (Fsp3) is 0.435. The lowest BCUT2D eigenvalue weighted by molar-refractivity contribution is -0.127. The summed E-state index contributed by atoms with van der Waals surface area (Å²) < 4.78 is 15.3. The molecule has 0 radical (unpaired) electrons. The zero-order chi connectivity index (χ0) is 22.6. The van der Waals surface area contributed by atoms with Gasteiger partial charge in [-0.2, -0.15) is 0 Å². The molecule has 3 aliphatic rings. The topological polar surface area (TPSA) is 90.6 Å². The lowest BCUT2D eigenvalue weighted by Crippen LogP contribution is -2.65. The van der Waals surface area contributed by atoms with Crippen LogP contribution < -0.4 is 16.4 Å². The van der Waals surface area contributed by atoms with Crippen LogP contribution in [0, 0.1) is 11.7 Å². The van der Waals surface area contributed by atoms with Crippen molar-refractivity contribution in [2.24, 2.45) is 11.7 Å². The smallest absolute Gasteiger partial charge is 0.266 e. The van der Waals surface area contributed by atoms with Gasteiger partial charge in [0.2, 0.25) is 0 Å². The summed E-state index contributed by atoms with van der Waals surface area (Å²) in [4.78, 5) is 15.9. The van der Waals surface area contributed by atoms with Crippen LogP contribution in [0.15, 0.2) is 36.4 Å². The number of nitrogens with one attached hydrogen (secondary N) is 2. The van der Waals surface area contributed by atoms with Gasteiger partial charge < -0.3 is 21.5 Å². The first kappa shape index (κ1) is 21.9. The average molecular weight is 479 g/mol. The van der Waals surface area contributed by atoms with E-state index in [9.17, 15) is 9.90 Å². The van der Waals surface area contributed by atoms with E-state index in [2.05, 4.69) is 10.6 Å². The maximum atomic E-state index is 15.3. The molecular weight excluding hydrogens is 454 g/mol. The monoisotopic (exact) mass is 478 g/mol. The molecule has 2 aliphatic heterocycles. The molecule has 2 heterocycles. The molecule has 0 bridgehead atoms. The minimum Gasteiger partial charge on any atom is -0.396 e. The number of carbonyl (C=O) groups is 1. The van der Waals surface area contributed by atoms with Gasteiger partial charge in [-0.05, 0) is 55.0 Å². The number of likely N-dealkylation sites (tertiary alicyclic amines) is 1. The Kier molecular flexibility index (Phi) is 5.58. The van der Waals surface area contributed by atoms with Crippen molar-refractivity contribution in [3.63, 3.8) is 0 Å². The molecule has 4 atom stereocenters. The van der Waals surface area contributed by atoms with Gasteiger partial charge in [-0.3, -0.25) is 9.69 Å². The zero-order valence-corrected chi connectivity index (χ0v) is 18.8. The van der Waals surface area contributed by atoms with Gasteiger partial charge in [0.15, 0.2) is 5.66 Å². The van der Waals surface area contributed by atoms with Gasteiger partial charge in [-0.15, -0.1) is 0 Å². The van der Waals surface area contributed by atoms with Crippen LogP contribution in [-0.4, -0.2) is 46.8 Å². The number of aliphatic hydroxyl groups is 1. The number of aliphatic hydroxyl groups excluding tert-OH is 1. The number of halogens is 3. The SMILES string of the molecule is N[C@H]1C(CCO)N(CC2CC2)C2(Nc3ccc(Cl)cc3NC2=O)C1c1cccc(Cl)c1F. The second kappa shape index (κ2) is 8.15. The Morgan fingerprint density at radius 1 is 1.22 bits per heavy atom. The highest BCUT2D eigenvalue weighted by molar-refractivity contribution is 6.31. The van der Waals surface area contributed by atoms with Gasteiger partial charge >= 0.3 is 0 Å². The number of rotatable bonds is 5. The molecule has 2 aromatic carbocycles. The van der Waals surface area contributed by atoms with E-state index in [4.69, 9.17) is 28.9 Å². The highest BCUT2D eigenvalue weighted by atomic mass is 35.5. The molecule has 1 aliphatic carbocycles. The molecule has 2 aromatic rings. The lowest BCUT2D eigenvalue weighted by Gasteiger charge is -2.46. The van der Waals surface area contributed by atoms with Crippen molar-refractivity contribution in [2.45, 2.75) is 42.9 Å². The van der Waals surface area contributed by atoms with Crippen molar-refractivity contribution < 1.29 is 14.3 Å². The summed E-state index contributed by atoms with van der Waals surface area (Å²) in [6.07, 6.45) is 2.51. The number of hydrogen-bond donors (Lipinski definition) is 4. The van der Waals surface area contributed by atoms with Gasteiger partial charge in [-0.1, -0.05) is 35.3 Å². The van der Waals surface area contributed by atoms with Crippen molar-refractivity contribution in [3.8, 4) is 0 Å². The molecule has 1 amide bonds. The number of amides is 1. The maximum Gasteiger partial charge on any atom is 0.266 e. The molecule has 2 fully saturated rings. The van der Waals surface area contributed by atoms with Gasteiger partial charge in [0.1, 0.15) is 5.82 Å². The van der Waals surface area contributed by atoms with Crippen LogP contribution in [0.5, 0.6) is 0 Å². The number of hydrogen-bond acceptors (Lipinski definition) is 5. The first-order chi connectivity index (χ1) is 15.4. The molecule has 0 aromatic heterocycles. The van der Waals surface area contributed by atoms with E-state index in [0.717, 1.165) is 12.8 Å². The Labute approximate surface area is 195 Å². The first-order valence-electron chi connectivity index (χ1n) is 10.8. The van der Waals surface area contributed by atoms with Crippen molar-refractivity contribution in [2.75, 3.05) is 23.8 Å². The van der Waals surface area contributed by atoms with Crippen LogP contribution in [0.3, 0.4) is 0 Å². The highest BCUT2D eigenvalue weighted by Gasteiger charge is 2.64. The van der Waals surface area contributed by atoms with Crippen LogP contribution in [-0.2, 0) is 4.79 Å². The van der Waals surface area contributed by atoms with E-state index in [1.807, 2.05) is 4.90 Å². The summed E-state index contributed by atoms with van der Waals surface area (Å²) in [7, 11) is 0. The Bertz CT molecular complexity index is 1070. The number of carbonyl (C=O) groups excluding carboxylic acids is 1. The van der Waals surface area contributed by atoms with Gasteiger partial charge in [0.05, 0.1) is 16.4 Å². The van der Waals surface area contributed by atoms with Crippen LogP contribution in [0.4, 0.5) is 15.8 Å². The van der Waals surface area contributed by atoms with Crippen molar-refractivity contribution in [1.82, 2.24) is 4.90 Å². The molecule has 9 heteroatoms. The Balaban J connectivity index is 1.71. The van der Waals surface area contributed by atoms with Crippen molar-refractivity contribution >= 4 is 40.5 Å². The van der Waals surface area contributed by atoms with Crippen LogP contribution in [0.1, 0.15) is 30.7 Å². The number of nitrogens with two attached hydrogens (primary N) is 1. The summed E-state index contributed by atoms with van der Waals surface area (Å²) in [5.41, 5.74) is 6.94. The molecule has 3 unspecified atom stereocenters. The minimum atomic E-state index is -1.34. The maximum absolute atomic E-state index is 15.3. The van der Waals surface area contributed by atoms with E-state index >= 15 is 4.39 Å². The normalized spacial score (nSPS) is 29.7. The third-order valence-electron chi connectivity index (χ3n) is 6.93. The molecule has 1 saturated heterocycles. The molecule has 5 rings (SSSR count). The van der Waals surface area contributed by atoms with E-state index < -0.39 is 23.4 Å². The molecular formula is C23H25Cl2FN4O2. The van der Waals surface area contributed by atoms with Crippen molar-refractivity contribution in [3.05, 3.63) is 57.8 Å². The van der Waals surface area contributed by atoms with E-state index in [0.29, 0.717) is 35.3 Å². The molecule has 5 N–H and O–H groups in total. The molecule has 1 saturated carbocycles. The number of nitrogens with zero attached hydrogens (tertiary/aromatic N) is 1. The molecule has 170 valence electrons. The zero-order valence-electron chi connectivity index (χ0n) is 17.3. The highest BCUT2D eigenvalue weighted by Crippen LogP contribution is 2.52. The number of fused-ring (bicyclic) bond motifs is 1. The quantitative estimate of drug-likeness (QED) is 0.524. The average Bonchev–Trinajstić information content (AvgIpc) is 3.55. The number of anilines is 2. The molecule has 1 spiro atoms. The van der Waals surface area contributed by atoms with Crippen LogP contribution in [0.25, 0.3) is 0 Å². The van der Waals surface area contributed by atoms with E-state index in [1.165, 1.54) is 6.07 Å². The number of benzene rings is 2. The fourth-order valence-corrected chi connectivity index (χ4v) is 5.66. The fourth-order valence-electron chi connectivity index (χ4n) is 5.31. The largest absolute Gasteiger partial charge is 0.396 e. The summed E-state index contributed by atoms with van der Waals surface area (Å²) in [5, 5.41) is 16.7. The summed E-state index contributed by atoms with van der Waals surface area (Å²) >= 11 is 12.3. The Morgan fingerprint density at radius 2 is 2.00 bits per heavy atom.